The Balaban J connectivity index is 1.79. The zero-order valence-electron chi connectivity index (χ0n) is 17.1. The summed E-state index contributed by atoms with van der Waals surface area (Å²) in [6.45, 7) is 1.57. The first-order valence-corrected chi connectivity index (χ1v) is 10.1. The molecule has 7 nitrogen and oxygen atoms in total. The number of aliphatic hydroxyl groups excluding tert-OH is 1. The summed E-state index contributed by atoms with van der Waals surface area (Å²) in [5, 5.41) is 23.7. The van der Waals surface area contributed by atoms with Crippen LogP contribution in [0.15, 0.2) is 59.7 Å². The van der Waals surface area contributed by atoms with Gasteiger partial charge in [-0.3, -0.25) is 4.79 Å². The average molecular weight is 440 g/mol. The third-order valence-corrected chi connectivity index (χ3v) is 5.60. The molecule has 0 atom stereocenters. The predicted molar refractivity (Wildman–Crippen MR) is 119 cm³/mol. The highest BCUT2D eigenvalue weighted by atomic mass is 35.5. The van der Waals surface area contributed by atoms with Crippen LogP contribution in [0.3, 0.4) is 0 Å². The van der Waals surface area contributed by atoms with Crippen molar-refractivity contribution in [1.29, 1.82) is 0 Å². The first kappa shape index (κ1) is 21.1. The van der Waals surface area contributed by atoms with Crippen LogP contribution >= 0.6 is 11.6 Å². The molecule has 160 valence electrons. The Morgan fingerprint density at radius 2 is 1.90 bits per heavy atom. The standard InChI is InChI=1S/C23H22ClN3O4/c1-14-17(12-15-4-6-16(7-5-15)27-11-3-10-25-27)23(30)26(2)22-18(24)8-9-19(21(14)22)31-13-20(28)29/h3-11,20,28-29H,12-13H2,1-2H3. The molecule has 31 heavy (non-hydrogen) atoms. The van der Waals surface area contributed by atoms with Gasteiger partial charge < -0.3 is 19.5 Å². The molecule has 2 heterocycles. The average Bonchev–Trinajstić information content (AvgIpc) is 3.29. The number of hydrogen-bond donors (Lipinski definition) is 2. The lowest BCUT2D eigenvalue weighted by atomic mass is 9.97. The van der Waals surface area contributed by atoms with Gasteiger partial charge in [-0.15, -0.1) is 0 Å². The fourth-order valence-corrected chi connectivity index (χ4v) is 4.02. The molecule has 0 unspecified atom stereocenters. The van der Waals surface area contributed by atoms with Gasteiger partial charge in [0.2, 0.25) is 0 Å². The van der Waals surface area contributed by atoms with E-state index in [1.165, 1.54) is 4.57 Å². The van der Waals surface area contributed by atoms with Gasteiger partial charge in [0.1, 0.15) is 12.4 Å². The topological polar surface area (TPSA) is 89.5 Å². The molecule has 4 aromatic rings. The lowest BCUT2D eigenvalue weighted by Crippen LogP contribution is -2.24. The van der Waals surface area contributed by atoms with Crippen molar-refractivity contribution in [3.05, 3.63) is 86.9 Å². The van der Waals surface area contributed by atoms with Crippen LogP contribution in [0.4, 0.5) is 0 Å². The summed E-state index contributed by atoms with van der Waals surface area (Å²) in [5.41, 5.74) is 3.69. The third kappa shape index (κ3) is 4.07. The summed E-state index contributed by atoms with van der Waals surface area (Å²) in [6, 6.07) is 13.0. The highest BCUT2D eigenvalue weighted by Gasteiger charge is 2.19. The van der Waals surface area contributed by atoms with Crippen molar-refractivity contribution in [3.8, 4) is 11.4 Å². The van der Waals surface area contributed by atoms with E-state index in [-0.39, 0.29) is 12.2 Å². The quantitative estimate of drug-likeness (QED) is 0.451. The van der Waals surface area contributed by atoms with Gasteiger partial charge in [0, 0.05) is 36.8 Å². The normalized spacial score (nSPS) is 11.4. The molecule has 0 aliphatic heterocycles. The highest BCUT2D eigenvalue weighted by molar-refractivity contribution is 6.35. The van der Waals surface area contributed by atoms with Gasteiger partial charge in [-0.05, 0) is 48.4 Å². The molecule has 8 heteroatoms. The highest BCUT2D eigenvalue weighted by Crippen LogP contribution is 2.34. The molecule has 0 saturated carbocycles. The molecule has 0 aliphatic rings. The summed E-state index contributed by atoms with van der Waals surface area (Å²) in [7, 11) is 1.67. The summed E-state index contributed by atoms with van der Waals surface area (Å²) in [5.74, 6) is 0.441. The van der Waals surface area contributed by atoms with E-state index < -0.39 is 6.29 Å². The number of ether oxygens (including phenoxy) is 1. The number of nitrogens with zero attached hydrogens (tertiary/aromatic N) is 3. The fraction of sp³-hybridized carbons (Fsp3) is 0.217. The lowest BCUT2D eigenvalue weighted by Gasteiger charge is -2.18. The Bertz CT molecular complexity index is 1280. The Morgan fingerprint density at radius 1 is 1.16 bits per heavy atom. The van der Waals surface area contributed by atoms with Crippen LogP contribution < -0.4 is 10.3 Å². The number of aromatic nitrogens is 3. The molecule has 0 spiro atoms. The monoisotopic (exact) mass is 439 g/mol. The van der Waals surface area contributed by atoms with Crippen LogP contribution in [0.2, 0.25) is 5.02 Å². The Kier molecular flexibility index (Phi) is 5.82. The zero-order valence-corrected chi connectivity index (χ0v) is 17.9. The van der Waals surface area contributed by atoms with Gasteiger partial charge in [0.15, 0.2) is 6.29 Å². The number of benzene rings is 2. The number of fused-ring (bicyclic) bond motifs is 1. The molecule has 0 aliphatic carbocycles. The Morgan fingerprint density at radius 3 is 2.55 bits per heavy atom. The van der Waals surface area contributed by atoms with Crippen molar-refractivity contribution in [2.24, 2.45) is 7.05 Å². The first-order valence-electron chi connectivity index (χ1n) is 9.75. The number of aryl methyl sites for hydroxylation is 2. The smallest absolute Gasteiger partial charge is 0.254 e. The number of aliphatic hydroxyl groups is 2. The summed E-state index contributed by atoms with van der Waals surface area (Å²) in [6.07, 6.45) is 2.41. The predicted octanol–water partition coefficient (Wildman–Crippen LogP) is 2.97. The van der Waals surface area contributed by atoms with Crippen LogP contribution in [0.25, 0.3) is 16.6 Å². The van der Waals surface area contributed by atoms with Crippen LogP contribution in [0.5, 0.6) is 5.75 Å². The summed E-state index contributed by atoms with van der Waals surface area (Å²) >= 11 is 6.40. The van der Waals surface area contributed by atoms with E-state index in [9.17, 15) is 15.0 Å². The van der Waals surface area contributed by atoms with Gasteiger partial charge in [0.05, 0.1) is 16.2 Å². The van der Waals surface area contributed by atoms with Crippen molar-refractivity contribution in [3.63, 3.8) is 0 Å². The molecule has 0 bridgehead atoms. The molecule has 0 amide bonds. The maximum atomic E-state index is 13.2. The van der Waals surface area contributed by atoms with Crippen molar-refractivity contribution >= 4 is 22.5 Å². The molecule has 0 radical (unpaired) electrons. The summed E-state index contributed by atoms with van der Waals surface area (Å²) < 4.78 is 8.87. The number of pyridine rings is 1. The van der Waals surface area contributed by atoms with Gasteiger partial charge in [-0.25, -0.2) is 4.68 Å². The maximum Gasteiger partial charge on any atom is 0.254 e. The fourth-order valence-electron chi connectivity index (χ4n) is 3.74. The number of halogens is 1. The van der Waals surface area contributed by atoms with E-state index in [2.05, 4.69) is 5.10 Å². The Hall–Kier alpha value is -3.13. The number of hydrogen-bond acceptors (Lipinski definition) is 5. The van der Waals surface area contributed by atoms with Gasteiger partial charge in [-0.2, -0.15) is 5.10 Å². The molecule has 2 aromatic carbocycles. The first-order chi connectivity index (χ1) is 14.9. The van der Waals surface area contributed by atoms with E-state index >= 15 is 0 Å². The minimum Gasteiger partial charge on any atom is -0.488 e. The van der Waals surface area contributed by atoms with E-state index in [0.29, 0.717) is 33.7 Å². The van der Waals surface area contributed by atoms with E-state index in [0.717, 1.165) is 16.8 Å². The van der Waals surface area contributed by atoms with Crippen LogP contribution in [0.1, 0.15) is 16.7 Å². The molecule has 2 N–H and O–H groups in total. The molecule has 2 aromatic heterocycles. The molecular formula is C23H22ClN3O4. The van der Waals surface area contributed by atoms with Gasteiger partial charge >= 0.3 is 0 Å². The second kappa shape index (κ2) is 8.55. The molecular weight excluding hydrogens is 418 g/mol. The lowest BCUT2D eigenvalue weighted by molar-refractivity contribution is -0.0677. The number of rotatable bonds is 6. The van der Waals surface area contributed by atoms with Gasteiger partial charge in [-0.1, -0.05) is 23.7 Å². The SMILES string of the molecule is Cc1c(Cc2ccc(-n3cccn3)cc2)c(=O)n(C)c2c(Cl)ccc(OCC(O)O)c12. The van der Waals surface area contributed by atoms with Crippen molar-refractivity contribution in [1.82, 2.24) is 14.3 Å². The van der Waals surface area contributed by atoms with Crippen molar-refractivity contribution in [2.75, 3.05) is 6.61 Å². The van der Waals surface area contributed by atoms with Crippen LogP contribution in [-0.4, -0.2) is 37.5 Å². The van der Waals surface area contributed by atoms with Crippen LogP contribution in [0, 0.1) is 6.92 Å². The molecule has 0 saturated heterocycles. The second-order valence-electron chi connectivity index (χ2n) is 7.32. The zero-order chi connectivity index (χ0) is 22.1. The van der Waals surface area contributed by atoms with E-state index in [4.69, 9.17) is 16.3 Å². The molecule has 0 fully saturated rings. The maximum absolute atomic E-state index is 13.2. The summed E-state index contributed by atoms with van der Waals surface area (Å²) in [4.78, 5) is 13.2. The Labute approximate surface area is 183 Å². The largest absolute Gasteiger partial charge is 0.488 e. The van der Waals surface area contributed by atoms with Crippen molar-refractivity contribution in [2.45, 2.75) is 19.6 Å². The minimum atomic E-state index is -1.61. The van der Waals surface area contributed by atoms with Crippen molar-refractivity contribution < 1.29 is 14.9 Å². The third-order valence-electron chi connectivity index (χ3n) is 5.29. The van der Waals surface area contributed by atoms with Crippen LogP contribution in [-0.2, 0) is 13.5 Å². The van der Waals surface area contributed by atoms with E-state index in [1.807, 2.05) is 43.5 Å². The van der Waals surface area contributed by atoms with E-state index in [1.54, 1.807) is 30.1 Å². The molecule has 4 rings (SSSR count). The second-order valence-corrected chi connectivity index (χ2v) is 7.73. The van der Waals surface area contributed by atoms with Gasteiger partial charge in [0.25, 0.3) is 5.56 Å². The minimum absolute atomic E-state index is 0.137.